The molecule has 0 aliphatic rings. The average molecular weight is 250 g/mol. The summed E-state index contributed by atoms with van der Waals surface area (Å²) >= 11 is 0. The topological polar surface area (TPSA) is 56.0 Å². The lowest BCUT2D eigenvalue weighted by Crippen LogP contribution is -2.37. The molecule has 0 fully saturated rings. The molecule has 18 heavy (non-hydrogen) atoms. The molecule has 1 rings (SSSR count). The monoisotopic (exact) mass is 250 g/mol. The number of nitrogens with zero attached hydrogens (tertiary/aromatic N) is 1. The Morgan fingerprint density at radius 2 is 2.17 bits per heavy atom. The first kappa shape index (κ1) is 14.6. The summed E-state index contributed by atoms with van der Waals surface area (Å²) in [5, 5.41) is 21.8. The van der Waals surface area contributed by atoms with E-state index in [9.17, 15) is 9.50 Å². The zero-order valence-corrected chi connectivity index (χ0v) is 10.8. The van der Waals surface area contributed by atoms with E-state index in [1.807, 2.05) is 13.0 Å². The van der Waals surface area contributed by atoms with Crippen LogP contribution in [-0.2, 0) is 6.54 Å². The van der Waals surface area contributed by atoms with Crippen LogP contribution in [0.1, 0.15) is 37.8 Å². The molecule has 3 nitrogen and oxygen atoms in total. The number of halogens is 1. The maximum absolute atomic E-state index is 13.2. The Morgan fingerprint density at radius 3 is 2.78 bits per heavy atom. The van der Waals surface area contributed by atoms with E-state index >= 15 is 0 Å². The highest BCUT2D eigenvalue weighted by Crippen LogP contribution is 2.12. The standard InChI is InChI=1S/C14H19FN2O/c1-3-4-14(2,18)10-17-9-12-5-11(8-16)6-13(15)7-12/h5-7,17-18H,3-4,9-10H2,1-2H3. The lowest BCUT2D eigenvalue weighted by molar-refractivity contribution is 0.0498. The molecule has 98 valence electrons. The van der Waals surface area contributed by atoms with Gasteiger partial charge in [0.15, 0.2) is 0 Å². The fraction of sp³-hybridized carbons (Fsp3) is 0.500. The first-order valence-electron chi connectivity index (χ1n) is 6.09. The van der Waals surface area contributed by atoms with Crippen LogP contribution in [0, 0.1) is 17.1 Å². The van der Waals surface area contributed by atoms with Crippen molar-refractivity contribution in [1.29, 1.82) is 5.26 Å². The molecule has 1 atom stereocenters. The van der Waals surface area contributed by atoms with E-state index in [-0.39, 0.29) is 0 Å². The van der Waals surface area contributed by atoms with E-state index in [1.165, 1.54) is 12.1 Å². The Balaban J connectivity index is 2.54. The third kappa shape index (κ3) is 4.82. The summed E-state index contributed by atoms with van der Waals surface area (Å²) in [6.45, 7) is 4.67. The van der Waals surface area contributed by atoms with Gasteiger partial charge in [-0.15, -0.1) is 0 Å². The number of hydrogen-bond donors (Lipinski definition) is 2. The van der Waals surface area contributed by atoms with Crippen molar-refractivity contribution in [1.82, 2.24) is 5.32 Å². The van der Waals surface area contributed by atoms with E-state index in [2.05, 4.69) is 5.32 Å². The third-order valence-electron chi connectivity index (χ3n) is 2.71. The molecule has 2 N–H and O–H groups in total. The number of nitrogens with one attached hydrogen (secondary N) is 1. The molecule has 0 saturated carbocycles. The first-order chi connectivity index (χ1) is 8.46. The van der Waals surface area contributed by atoms with Crippen molar-refractivity contribution < 1.29 is 9.50 Å². The van der Waals surface area contributed by atoms with Crippen molar-refractivity contribution in [3.8, 4) is 6.07 Å². The van der Waals surface area contributed by atoms with Gasteiger partial charge >= 0.3 is 0 Å². The second kappa shape index (κ2) is 6.48. The van der Waals surface area contributed by atoms with E-state index in [1.54, 1.807) is 13.0 Å². The van der Waals surface area contributed by atoms with Crippen LogP contribution in [0.15, 0.2) is 18.2 Å². The van der Waals surface area contributed by atoms with E-state index in [4.69, 9.17) is 5.26 Å². The minimum atomic E-state index is -0.750. The molecule has 1 unspecified atom stereocenters. The van der Waals surface area contributed by atoms with Crippen LogP contribution in [0.25, 0.3) is 0 Å². The third-order valence-corrected chi connectivity index (χ3v) is 2.71. The minimum Gasteiger partial charge on any atom is -0.389 e. The molecule has 0 aliphatic heterocycles. The van der Waals surface area contributed by atoms with Crippen LogP contribution in [0.2, 0.25) is 0 Å². The largest absolute Gasteiger partial charge is 0.389 e. The Labute approximate surface area is 107 Å². The molecule has 0 amide bonds. The fourth-order valence-corrected chi connectivity index (χ4v) is 1.92. The molecule has 1 aromatic rings. The smallest absolute Gasteiger partial charge is 0.124 e. The van der Waals surface area contributed by atoms with Crippen LogP contribution >= 0.6 is 0 Å². The van der Waals surface area contributed by atoms with Gasteiger partial charge in [-0.2, -0.15) is 5.26 Å². The molecule has 0 radical (unpaired) electrons. The summed E-state index contributed by atoms with van der Waals surface area (Å²) < 4.78 is 13.2. The van der Waals surface area contributed by atoms with Crippen molar-refractivity contribution in [2.75, 3.05) is 6.54 Å². The molecule has 0 heterocycles. The predicted molar refractivity (Wildman–Crippen MR) is 68.4 cm³/mol. The van der Waals surface area contributed by atoms with Gasteiger partial charge < -0.3 is 10.4 Å². The summed E-state index contributed by atoms with van der Waals surface area (Å²) in [7, 11) is 0. The van der Waals surface area contributed by atoms with Crippen molar-refractivity contribution in [3.63, 3.8) is 0 Å². The molecule has 0 spiro atoms. The maximum Gasteiger partial charge on any atom is 0.124 e. The minimum absolute atomic E-state index is 0.312. The van der Waals surface area contributed by atoms with Crippen molar-refractivity contribution in [2.45, 2.75) is 38.8 Å². The lowest BCUT2D eigenvalue weighted by Gasteiger charge is -2.23. The van der Waals surface area contributed by atoms with Gasteiger partial charge in [0.2, 0.25) is 0 Å². The summed E-state index contributed by atoms with van der Waals surface area (Å²) in [5.74, 6) is -0.411. The van der Waals surface area contributed by atoms with Gasteiger partial charge in [-0.25, -0.2) is 4.39 Å². The van der Waals surface area contributed by atoms with E-state index in [0.717, 1.165) is 6.42 Å². The fourth-order valence-electron chi connectivity index (χ4n) is 1.92. The first-order valence-corrected chi connectivity index (χ1v) is 6.09. The Morgan fingerprint density at radius 1 is 1.44 bits per heavy atom. The van der Waals surface area contributed by atoms with E-state index in [0.29, 0.717) is 30.6 Å². The van der Waals surface area contributed by atoms with Crippen LogP contribution < -0.4 is 5.32 Å². The lowest BCUT2D eigenvalue weighted by atomic mass is 10.0. The number of rotatable bonds is 6. The molecule has 0 saturated heterocycles. The van der Waals surface area contributed by atoms with Crippen LogP contribution in [-0.4, -0.2) is 17.3 Å². The van der Waals surface area contributed by atoms with Crippen molar-refractivity contribution >= 4 is 0 Å². The summed E-state index contributed by atoms with van der Waals surface area (Å²) in [6, 6.07) is 6.16. The van der Waals surface area contributed by atoms with E-state index < -0.39 is 11.4 Å². The Kier molecular flexibility index (Phi) is 5.26. The normalized spacial score (nSPS) is 13.9. The number of nitriles is 1. The highest BCUT2D eigenvalue weighted by Gasteiger charge is 2.17. The van der Waals surface area contributed by atoms with Gasteiger partial charge in [-0.3, -0.25) is 0 Å². The quantitative estimate of drug-likeness (QED) is 0.814. The summed E-state index contributed by atoms with van der Waals surface area (Å²) in [5.41, 5.74) is 0.270. The van der Waals surface area contributed by atoms with Crippen LogP contribution in [0.5, 0.6) is 0 Å². The Bertz CT molecular complexity index is 438. The number of benzene rings is 1. The summed E-state index contributed by atoms with van der Waals surface area (Å²) in [6.07, 6.45) is 1.62. The van der Waals surface area contributed by atoms with Crippen molar-refractivity contribution in [3.05, 3.63) is 35.1 Å². The number of hydrogen-bond acceptors (Lipinski definition) is 3. The molecular formula is C14H19FN2O. The molecule has 0 aliphatic carbocycles. The molecule has 0 bridgehead atoms. The SMILES string of the molecule is CCCC(C)(O)CNCc1cc(F)cc(C#N)c1. The maximum atomic E-state index is 13.2. The van der Waals surface area contributed by atoms with Crippen LogP contribution in [0.4, 0.5) is 4.39 Å². The zero-order chi connectivity index (χ0) is 13.6. The highest BCUT2D eigenvalue weighted by molar-refractivity contribution is 5.33. The Hall–Kier alpha value is -1.44. The summed E-state index contributed by atoms with van der Waals surface area (Å²) in [4.78, 5) is 0. The predicted octanol–water partition coefficient (Wildman–Crippen LogP) is 2.34. The van der Waals surface area contributed by atoms with Gasteiger partial charge in [-0.1, -0.05) is 13.3 Å². The molecule has 1 aromatic carbocycles. The zero-order valence-electron chi connectivity index (χ0n) is 10.8. The van der Waals surface area contributed by atoms with Crippen LogP contribution in [0.3, 0.4) is 0 Å². The van der Waals surface area contributed by atoms with Gasteiger partial charge in [0.1, 0.15) is 5.82 Å². The second-order valence-corrected chi connectivity index (χ2v) is 4.81. The van der Waals surface area contributed by atoms with Gasteiger partial charge in [-0.05, 0) is 37.1 Å². The number of aliphatic hydroxyl groups is 1. The highest BCUT2D eigenvalue weighted by atomic mass is 19.1. The average Bonchev–Trinajstić information content (AvgIpc) is 2.27. The molecule has 4 heteroatoms. The molecule has 0 aromatic heterocycles. The molecular weight excluding hydrogens is 231 g/mol. The van der Waals surface area contributed by atoms with Crippen molar-refractivity contribution in [2.24, 2.45) is 0 Å². The van der Waals surface area contributed by atoms with Gasteiger partial charge in [0, 0.05) is 13.1 Å². The van der Waals surface area contributed by atoms with Gasteiger partial charge in [0.05, 0.1) is 17.2 Å². The van der Waals surface area contributed by atoms with Gasteiger partial charge in [0.25, 0.3) is 0 Å². The second-order valence-electron chi connectivity index (χ2n) is 4.81.